The molecule has 0 aliphatic carbocycles. The number of aromatic nitrogens is 2. The number of nitrogens with two attached hydrogens (primary N) is 1. The van der Waals surface area contributed by atoms with Crippen LogP contribution in [-0.2, 0) is 23.0 Å². The molecule has 0 fully saturated rings. The molecule has 1 aromatic carbocycles. The molecule has 0 atom stereocenters. The van der Waals surface area contributed by atoms with Gasteiger partial charge >= 0.3 is 0 Å². The molecule has 5 nitrogen and oxygen atoms in total. The number of primary sulfonamides is 1. The van der Waals surface area contributed by atoms with Crippen molar-refractivity contribution in [1.82, 2.24) is 9.55 Å². The van der Waals surface area contributed by atoms with Crippen molar-refractivity contribution in [1.29, 1.82) is 0 Å². The maximum atomic E-state index is 11.4. The zero-order valence-electron chi connectivity index (χ0n) is 12.6. The molecule has 114 valence electrons. The summed E-state index contributed by atoms with van der Waals surface area (Å²) in [5.41, 5.74) is 2.39. The van der Waals surface area contributed by atoms with Crippen molar-refractivity contribution in [3.63, 3.8) is 0 Å². The number of hydrogen-bond acceptors (Lipinski definition) is 3. The number of sulfonamides is 1. The minimum absolute atomic E-state index is 0.0712. The van der Waals surface area contributed by atoms with E-state index in [1.54, 1.807) is 0 Å². The van der Waals surface area contributed by atoms with Crippen LogP contribution in [0.3, 0.4) is 0 Å². The average molecular weight is 307 g/mol. The zero-order valence-corrected chi connectivity index (χ0v) is 13.4. The van der Waals surface area contributed by atoms with Gasteiger partial charge in [0.15, 0.2) is 5.03 Å². The largest absolute Gasteiger partial charge is 0.329 e. The van der Waals surface area contributed by atoms with E-state index in [0.29, 0.717) is 24.7 Å². The van der Waals surface area contributed by atoms with Gasteiger partial charge < -0.3 is 4.57 Å². The summed E-state index contributed by atoms with van der Waals surface area (Å²) in [6.45, 7) is 6.83. The quantitative estimate of drug-likeness (QED) is 0.920. The molecule has 0 bridgehead atoms. The summed E-state index contributed by atoms with van der Waals surface area (Å²) in [6, 6.07) is 8.32. The van der Waals surface area contributed by atoms with Gasteiger partial charge in [-0.05, 0) is 17.0 Å². The molecule has 0 unspecified atom stereocenters. The Labute approximate surface area is 125 Å². The van der Waals surface area contributed by atoms with Crippen molar-refractivity contribution < 1.29 is 8.42 Å². The number of nitrogens with zero attached hydrogens (tertiary/aromatic N) is 2. The Morgan fingerprint density at radius 2 is 1.86 bits per heavy atom. The van der Waals surface area contributed by atoms with E-state index in [1.165, 1.54) is 11.8 Å². The van der Waals surface area contributed by atoms with Gasteiger partial charge in [0.05, 0.1) is 0 Å². The van der Waals surface area contributed by atoms with Crippen molar-refractivity contribution >= 4 is 10.0 Å². The van der Waals surface area contributed by atoms with Crippen LogP contribution in [0.5, 0.6) is 0 Å². The third-order valence-corrected chi connectivity index (χ3v) is 4.22. The van der Waals surface area contributed by atoms with Gasteiger partial charge in [0.25, 0.3) is 10.0 Å². The molecule has 0 saturated heterocycles. The van der Waals surface area contributed by atoms with Crippen molar-refractivity contribution in [3.8, 4) is 0 Å². The summed E-state index contributed by atoms with van der Waals surface area (Å²) in [7, 11) is -3.76. The summed E-state index contributed by atoms with van der Waals surface area (Å²) in [5, 5.41) is 5.07. The summed E-state index contributed by atoms with van der Waals surface area (Å²) in [5.74, 6) is 1.21. The summed E-state index contributed by atoms with van der Waals surface area (Å²) < 4.78 is 24.6. The van der Waals surface area contributed by atoms with Crippen molar-refractivity contribution in [2.75, 3.05) is 0 Å². The third-order valence-electron chi connectivity index (χ3n) is 3.44. The van der Waals surface area contributed by atoms with Crippen molar-refractivity contribution in [3.05, 3.63) is 47.4 Å². The highest BCUT2D eigenvalue weighted by atomic mass is 32.2. The van der Waals surface area contributed by atoms with E-state index in [0.717, 1.165) is 5.56 Å². The predicted octanol–water partition coefficient (Wildman–Crippen LogP) is 2.26. The molecule has 1 aromatic heterocycles. The minimum atomic E-state index is -3.76. The Balaban J connectivity index is 2.28. The molecule has 0 aliphatic rings. The van der Waals surface area contributed by atoms with Gasteiger partial charge in [-0.25, -0.2) is 18.5 Å². The normalized spacial score (nSPS) is 12.0. The highest BCUT2D eigenvalue weighted by molar-refractivity contribution is 7.89. The summed E-state index contributed by atoms with van der Waals surface area (Å²) in [6.07, 6.45) is 2.16. The Morgan fingerprint density at radius 3 is 2.33 bits per heavy atom. The standard InChI is InChI=1S/C15H21N3O2S/c1-4-14-17-15(21(16,19)20)10-18(14)9-12-5-7-13(8-6-12)11(2)3/h5-8,10-11H,4,9H2,1-3H3,(H2,16,19,20). The fraction of sp³-hybridized carbons (Fsp3) is 0.400. The topological polar surface area (TPSA) is 78.0 Å². The fourth-order valence-corrected chi connectivity index (χ4v) is 2.70. The molecule has 1 heterocycles. The van der Waals surface area contributed by atoms with Crippen molar-refractivity contribution in [2.24, 2.45) is 5.14 Å². The second kappa shape index (κ2) is 5.99. The third kappa shape index (κ3) is 3.71. The van der Waals surface area contributed by atoms with Crippen LogP contribution in [0, 0.1) is 0 Å². The van der Waals surface area contributed by atoms with E-state index >= 15 is 0 Å². The molecule has 2 aromatic rings. The monoisotopic (exact) mass is 307 g/mol. The predicted molar refractivity (Wildman–Crippen MR) is 82.6 cm³/mol. The van der Waals surface area contributed by atoms with Gasteiger partial charge in [0.2, 0.25) is 0 Å². The van der Waals surface area contributed by atoms with Crippen LogP contribution < -0.4 is 5.14 Å². The van der Waals surface area contributed by atoms with Crippen LogP contribution >= 0.6 is 0 Å². The molecule has 0 radical (unpaired) electrons. The molecule has 0 aliphatic heterocycles. The molecule has 2 N–H and O–H groups in total. The highest BCUT2D eigenvalue weighted by Crippen LogP contribution is 2.16. The second-order valence-electron chi connectivity index (χ2n) is 5.42. The van der Waals surface area contributed by atoms with Crippen LogP contribution in [-0.4, -0.2) is 18.0 Å². The lowest BCUT2D eigenvalue weighted by Crippen LogP contribution is -2.12. The SMILES string of the molecule is CCc1nc(S(N)(=O)=O)cn1Cc1ccc(C(C)C)cc1. The molecular weight excluding hydrogens is 286 g/mol. The number of aryl methyl sites for hydroxylation is 1. The van der Waals surface area contributed by atoms with E-state index in [2.05, 4.69) is 43.1 Å². The van der Waals surface area contributed by atoms with Gasteiger partial charge in [0, 0.05) is 19.2 Å². The Hall–Kier alpha value is -1.66. The van der Waals surface area contributed by atoms with Gasteiger partial charge in [-0.3, -0.25) is 0 Å². The zero-order chi connectivity index (χ0) is 15.6. The van der Waals surface area contributed by atoms with E-state index in [9.17, 15) is 8.42 Å². The summed E-state index contributed by atoms with van der Waals surface area (Å²) in [4.78, 5) is 4.09. The molecule has 21 heavy (non-hydrogen) atoms. The first-order valence-electron chi connectivity index (χ1n) is 6.99. The van der Waals surface area contributed by atoms with Gasteiger partial charge in [-0.15, -0.1) is 0 Å². The average Bonchev–Trinajstić information content (AvgIpc) is 2.82. The Morgan fingerprint density at radius 1 is 1.24 bits per heavy atom. The molecular formula is C15H21N3O2S. The number of hydrogen-bond donors (Lipinski definition) is 1. The lowest BCUT2D eigenvalue weighted by molar-refractivity contribution is 0.594. The molecule has 0 saturated carbocycles. The van der Waals surface area contributed by atoms with Crippen LogP contribution in [0.25, 0.3) is 0 Å². The lowest BCUT2D eigenvalue weighted by Gasteiger charge is -2.09. The highest BCUT2D eigenvalue weighted by Gasteiger charge is 2.15. The fourth-order valence-electron chi connectivity index (χ4n) is 2.19. The van der Waals surface area contributed by atoms with E-state index in [4.69, 9.17) is 5.14 Å². The van der Waals surface area contributed by atoms with Gasteiger partial charge in [-0.1, -0.05) is 45.0 Å². The summed E-state index contributed by atoms with van der Waals surface area (Å²) >= 11 is 0. The lowest BCUT2D eigenvalue weighted by atomic mass is 10.0. The first-order valence-corrected chi connectivity index (χ1v) is 8.53. The number of rotatable bonds is 5. The van der Waals surface area contributed by atoms with Crippen LogP contribution in [0.4, 0.5) is 0 Å². The maximum absolute atomic E-state index is 11.4. The van der Waals surface area contributed by atoms with Crippen LogP contribution in [0.15, 0.2) is 35.5 Å². The molecule has 0 spiro atoms. The van der Waals surface area contributed by atoms with Gasteiger partial charge in [0.1, 0.15) is 5.82 Å². The Kier molecular flexibility index (Phi) is 4.49. The first-order chi connectivity index (χ1) is 9.81. The molecule has 2 rings (SSSR count). The minimum Gasteiger partial charge on any atom is -0.329 e. The number of imidazole rings is 1. The van der Waals surface area contributed by atoms with Crippen molar-refractivity contribution in [2.45, 2.75) is 44.7 Å². The second-order valence-corrected chi connectivity index (χ2v) is 6.93. The van der Waals surface area contributed by atoms with E-state index in [1.807, 2.05) is 11.5 Å². The van der Waals surface area contributed by atoms with Crippen LogP contribution in [0.2, 0.25) is 0 Å². The first kappa shape index (κ1) is 15.7. The van der Waals surface area contributed by atoms with E-state index < -0.39 is 10.0 Å². The number of benzene rings is 1. The van der Waals surface area contributed by atoms with E-state index in [-0.39, 0.29) is 5.03 Å². The maximum Gasteiger partial charge on any atom is 0.257 e. The molecule has 0 amide bonds. The van der Waals surface area contributed by atoms with Gasteiger partial charge in [-0.2, -0.15) is 0 Å². The van der Waals surface area contributed by atoms with Crippen LogP contribution in [0.1, 0.15) is 43.6 Å². The Bertz CT molecular complexity index is 716. The molecule has 6 heteroatoms. The smallest absolute Gasteiger partial charge is 0.257 e.